The molecule has 4 aromatic rings. The van der Waals surface area contributed by atoms with Crippen LogP contribution >= 0.6 is 0 Å². The molecule has 0 fully saturated rings. The minimum atomic E-state index is -0.444. The van der Waals surface area contributed by atoms with E-state index in [1.54, 1.807) is 18.2 Å². The van der Waals surface area contributed by atoms with E-state index < -0.39 is 5.97 Å². The van der Waals surface area contributed by atoms with Crippen molar-refractivity contribution >= 4 is 16.9 Å². The van der Waals surface area contributed by atoms with Crippen LogP contribution in [0.2, 0.25) is 0 Å². The second kappa shape index (κ2) is 7.71. The van der Waals surface area contributed by atoms with Crippen LogP contribution in [0.4, 0.5) is 4.39 Å². The Morgan fingerprint density at radius 3 is 2.13 bits per heavy atom. The number of aromatic nitrogens is 1. The predicted molar refractivity (Wildman–Crippen MR) is 117 cm³/mol. The van der Waals surface area contributed by atoms with Gasteiger partial charge < -0.3 is 4.74 Å². The lowest BCUT2D eigenvalue weighted by Gasteiger charge is -2.13. The summed E-state index contributed by atoms with van der Waals surface area (Å²) in [6.45, 7) is 7.88. The number of hydrogen-bond donors (Lipinski definition) is 0. The largest absolute Gasteiger partial charge is 0.423 e. The topological polar surface area (TPSA) is 39.2 Å². The Morgan fingerprint density at radius 1 is 0.833 bits per heavy atom. The highest BCUT2D eigenvalue weighted by molar-refractivity contribution is 6.06. The molecule has 1 heterocycles. The van der Waals surface area contributed by atoms with Gasteiger partial charge >= 0.3 is 5.97 Å². The highest BCUT2D eigenvalue weighted by atomic mass is 19.1. The van der Waals surface area contributed by atoms with Crippen LogP contribution in [0, 0.1) is 33.5 Å². The predicted octanol–water partition coefficient (Wildman–Crippen LogP) is 6.49. The van der Waals surface area contributed by atoms with Gasteiger partial charge in [0.15, 0.2) is 0 Å². The van der Waals surface area contributed by atoms with E-state index in [1.165, 1.54) is 12.1 Å². The molecular formula is C26H22FNO2. The Kier molecular flexibility index (Phi) is 5.08. The van der Waals surface area contributed by atoms with E-state index in [2.05, 4.69) is 0 Å². The number of halogens is 1. The van der Waals surface area contributed by atoms with E-state index in [0.717, 1.165) is 38.7 Å². The normalized spacial score (nSPS) is 11.0. The molecule has 0 saturated heterocycles. The number of nitrogens with zero attached hydrogens (tertiary/aromatic N) is 1. The monoisotopic (exact) mass is 399 g/mol. The fourth-order valence-corrected chi connectivity index (χ4v) is 3.77. The van der Waals surface area contributed by atoms with Crippen molar-refractivity contribution < 1.29 is 13.9 Å². The molecule has 1 aromatic heterocycles. The number of benzene rings is 3. The molecule has 30 heavy (non-hydrogen) atoms. The van der Waals surface area contributed by atoms with Crippen molar-refractivity contribution in [3.63, 3.8) is 0 Å². The third kappa shape index (κ3) is 3.94. The van der Waals surface area contributed by atoms with E-state index in [4.69, 9.17) is 9.72 Å². The molecular weight excluding hydrogens is 377 g/mol. The van der Waals surface area contributed by atoms with Crippen molar-refractivity contribution in [3.05, 3.63) is 94.3 Å². The summed E-state index contributed by atoms with van der Waals surface area (Å²) in [6, 6.07) is 17.5. The SMILES string of the molecule is Cc1cc(C)cc(OC(=O)c2cc(-c3ccc(F)cc3)nc3c(C)cc(C)cc23)c1. The average molecular weight is 399 g/mol. The van der Waals surface area contributed by atoms with Gasteiger partial charge in [-0.05, 0) is 92.9 Å². The summed E-state index contributed by atoms with van der Waals surface area (Å²) >= 11 is 0. The third-order valence-electron chi connectivity index (χ3n) is 5.01. The van der Waals surface area contributed by atoms with Crippen molar-refractivity contribution in [2.24, 2.45) is 0 Å². The van der Waals surface area contributed by atoms with Crippen LogP contribution in [-0.2, 0) is 0 Å². The maximum absolute atomic E-state index is 13.4. The van der Waals surface area contributed by atoms with Gasteiger partial charge in [0.05, 0.1) is 16.8 Å². The van der Waals surface area contributed by atoms with E-state index in [0.29, 0.717) is 17.0 Å². The van der Waals surface area contributed by atoms with E-state index in [1.807, 2.05) is 58.0 Å². The number of ether oxygens (including phenoxy) is 1. The van der Waals surface area contributed by atoms with Gasteiger partial charge in [-0.1, -0.05) is 17.7 Å². The lowest BCUT2D eigenvalue weighted by Crippen LogP contribution is -2.11. The third-order valence-corrected chi connectivity index (χ3v) is 5.01. The molecule has 0 saturated carbocycles. The second-order valence-electron chi connectivity index (χ2n) is 7.75. The minimum absolute atomic E-state index is 0.319. The first-order valence-corrected chi connectivity index (χ1v) is 9.78. The van der Waals surface area contributed by atoms with Gasteiger partial charge in [0.2, 0.25) is 0 Å². The standard InChI is InChI=1S/C26H22FNO2/c1-15-9-16(2)12-21(11-15)30-26(29)23-14-24(19-5-7-20(27)8-6-19)28-25-18(4)10-17(3)13-22(23)25/h5-14H,1-4H3. The van der Waals surface area contributed by atoms with Crippen molar-refractivity contribution in [2.75, 3.05) is 0 Å². The average Bonchev–Trinajstić information content (AvgIpc) is 2.67. The molecule has 0 aliphatic rings. The number of aryl methyl sites for hydroxylation is 4. The Bertz CT molecular complexity index is 1260. The number of rotatable bonds is 3. The van der Waals surface area contributed by atoms with Crippen LogP contribution in [0.3, 0.4) is 0 Å². The molecule has 0 unspecified atom stereocenters. The zero-order valence-corrected chi connectivity index (χ0v) is 17.4. The zero-order chi connectivity index (χ0) is 21.4. The van der Waals surface area contributed by atoms with Crippen LogP contribution in [0.5, 0.6) is 5.75 Å². The molecule has 0 radical (unpaired) electrons. The van der Waals surface area contributed by atoms with Crippen molar-refractivity contribution in [1.29, 1.82) is 0 Å². The number of carbonyl (C=O) groups is 1. The van der Waals surface area contributed by atoms with Crippen LogP contribution < -0.4 is 4.74 Å². The number of hydrogen-bond acceptors (Lipinski definition) is 3. The number of carbonyl (C=O) groups excluding carboxylic acids is 1. The van der Waals surface area contributed by atoms with Crippen LogP contribution in [0.25, 0.3) is 22.2 Å². The molecule has 0 aliphatic carbocycles. The highest BCUT2D eigenvalue weighted by Crippen LogP contribution is 2.29. The fraction of sp³-hybridized carbons (Fsp3) is 0.154. The van der Waals surface area contributed by atoms with Gasteiger partial charge in [0.1, 0.15) is 11.6 Å². The van der Waals surface area contributed by atoms with Crippen molar-refractivity contribution in [3.8, 4) is 17.0 Å². The number of fused-ring (bicyclic) bond motifs is 1. The van der Waals surface area contributed by atoms with Crippen molar-refractivity contribution in [2.45, 2.75) is 27.7 Å². The fourth-order valence-electron chi connectivity index (χ4n) is 3.77. The van der Waals surface area contributed by atoms with Crippen LogP contribution in [0.1, 0.15) is 32.6 Å². The first-order chi connectivity index (χ1) is 14.3. The summed E-state index contributed by atoms with van der Waals surface area (Å²) < 4.78 is 19.1. The Balaban J connectivity index is 1.87. The van der Waals surface area contributed by atoms with Gasteiger partial charge in [0, 0.05) is 10.9 Å². The first-order valence-electron chi connectivity index (χ1n) is 9.78. The van der Waals surface area contributed by atoms with Gasteiger partial charge in [-0.3, -0.25) is 0 Å². The summed E-state index contributed by atoms with van der Waals surface area (Å²) in [5.74, 6) is -0.253. The summed E-state index contributed by atoms with van der Waals surface area (Å²) in [6.07, 6.45) is 0. The lowest BCUT2D eigenvalue weighted by atomic mass is 10.00. The summed E-state index contributed by atoms with van der Waals surface area (Å²) in [4.78, 5) is 18.0. The molecule has 0 atom stereocenters. The molecule has 150 valence electrons. The van der Waals surface area contributed by atoms with Crippen molar-refractivity contribution in [1.82, 2.24) is 4.98 Å². The molecule has 4 heteroatoms. The number of pyridine rings is 1. The Morgan fingerprint density at radius 2 is 1.47 bits per heavy atom. The molecule has 0 N–H and O–H groups in total. The van der Waals surface area contributed by atoms with Crippen LogP contribution in [0.15, 0.2) is 60.7 Å². The maximum Gasteiger partial charge on any atom is 0.344 e. The molecule has 0 bridgehead atoms. The van der Waals surface area contributed by atoms with Crippen LogP contribution in [-0.4, -0.2) is 11.0 Å². The smallest absolute Gasteiger partial charge is 0.344 e. The van der Waals surface area contributed by atoms with Gasteiger partial charge in [-0.15, -0.1) is 0 Å². The zero-order valence-electron chi connectivity index (χ0n) is 17.4. The Hall–Kier alpha value is -3.53. The van der Waals surface area contributed by atoms with Gasteiger partial charge in [-0.25, -0.2) is 14.2 Å². The first kappa shape index (κ1) is 19.8. The molecule has 0 spiro atoms. The molecule has 0 amide bonds. The second-order valence-corrected chi connectivity index (χ2v) is 7.75. The summed E-state index contributed by atoms with van der Waals surface area (Å²) in [5, 5.41) is 0.743. The van der Waals surface area contributed by atoms with Gasteiger partial charge in [-0.2, -0.15) is 0 Å². The molecule has 4 rings (SSSR count). The Labute approximate surface area is 175 Å². The maximum atomic E-state index is 13.4. The quantitative estimate of drug-likeness (QED) is 0.292. The van der Waals surface area contributed by atoms with E-state index in [-0.39, 0.29) is 5.82 Å². The van der Waals surface area contributed by atoms with E-state index in [9.17, 15) is 9.18 Å². The highest BCUT2D eigenvalue weighted by Gasteiger charge is 2.18. The van der Waals surface area contributed by atoms with Gasteiger partial charge in [0.25, 0.3) is 0 Å². The van der Waals surface area contributed by atoms with E-state index >= 15 is 0 Å². The molecule has 3 nitrogen and oxygen atoms in total. The molecule has 3 aromatic carbocycles. The number of esters is 1. The minimum Gasteiger partial charge on any atom is -0.423 e. The summed E-state index contributed by atoms with van der Waals surface area (Å²) in [5.41, 5.74) is 6.55. The molecule has 0 aliphatic heterocycles. The summed E-state index contributed by atoms with van der Waals surface area (Å²) in [7, 11) is 0. The lowest BCUT2D eigenvalue weighted by molar-refractivity contribution is 0.0736.